The molecule has 2 aromatic heterocycles. The number of anilines is 2. The third-order valence-electron chi connectivity index (χ3n) is 4.84. The number of carboxylic acids is 1. The van der Waals surface area contributed by atoms with Crippen molar-refractivity contribution >= 4 is 28.9 Å². The van der Waals surface area contributed by atoms with Crippen LogP contribution in [0.3, 0.4) is 0 Å². The lowest BCUT2D eigenvalue weighted by molar-refractivity contribution is -0.144. The van der Waals surface area contributed by atoms with Gasteiger partial charge in [-0.15, -0.1) is 0 Å². The van der Waals surface area contributed by atoms with Crippen LogP contribution in [-0.4, -0.2) is 48.4 Å². The Bertz CT molecular complexity index is 844. The topological polar surface area (TPSA) is 139 Å². The Morgan fingerprint density at radius 1 is 1.40 bits per heavy atom. The van der Waals surface area contributed by atoms with E-state index in [1.165, 1.54) is 0 Å². The molecule has 9 nitrogen and oxygen atoms in total. The molecule has 0 radical (unpaired) electrons. The molecule has 0 aromatic carbocycles. The summed E-state index contributed by atoms with van der Waals surface area (Å²) >= 11 is 0. The minimum absolute atomic E-state index is 0.0773. The summed E-state index contributed by atoms with van der Waals surface area (Å²) in [6, 6.07) is 0.339. The maximum Gasteiger partial charge on any atom is 0.309 e. The molecule has 5 N–H and O–H groups in total. The first-order chi connectivity index (χ1) is 12.1. The fraction of sp³-hybridized carbons (Fsp3) is 0.500. The van der Waals surface area contributed by atoms with Gasteiger partial charge in [-0.25, -0.2) is 4.98 Å². The van der Waals surface area contributed by atoms with Crippen LogP contribution in [0.25, 0.3) is 11.2 Å². The number of nitrogens with zero attached hydrogens (tertiary/aromatic N) is 4. The zero-order valence-corrected chi connectivity index (χ0v) is 13.5. The molecule has 2 aromatic rings. The normalized spacial score (nSPS) is 23.9. The second-order valence-electron chi connectivity index (χ2n) is 6.65. The number of allylic oxidation sites excluding steroid dienone is 2. The third kappa shape index (κ3) is 2.91. The SMILES string of the molecule is Nc1nc(NC2CC2)c2ncn(C3C=CC(C(CO)C(=O)O)C3)c2n1. The van der Waals surface area contributed by atoms with Gasteiger partial charge in [0.1, 0.15) is 0 Å². The molecule has 3 atom stereocenters. The van der Waals surface area contributed by atoms with Crippen LogP contribution in [0.2, 0.25) is 0 Å². The largest absolute Gasteiger partial charge is 0.481 e. The number of nitrogen functional groups attached to an aromatic ring is 1. The van der Waals surface area contributed by atoms with Crippen LogP contribution in [0.1, 0.15) is 25.3 Å². The predicted octanol–water partition coefficient (Wildman–Crippen LogP) is 0.793. The van der Waals surface area contributed by atoms with Gasteiger partial charge in [0.05, 0.1) is 24.9 Å². The standard InChI is InChI=1S/C16H20N6O3/c17-16-20-13(19-9-2-3-9)12-14(21-16)22(7-18-12)10-4-1-8(5-10)11(6-23)15(24)25/h1,4,7-11,23H,2-3,5-6H2,(H,24,25)(H3,17,19,20,21). The number of aliphatic carboxylic acids is 1. The van der Waals surface area contributed by atoms with E-state index in [9.17, 15) is 15.0 Å². The highest BCUT2D eigenvalue weighted by Gasteiger charge is 2.32. The van der Waals surface area contributed by atoms with E-state index >= 15 is 0 Å². The van der Waals surface area contributed by atoms with Gasteiger partial charge in [-0.1, -0.05) is 12.2 Å². The molecule has 2 aliphatic carbocycles. The highest BCUT2D eigenvalue weighted by molar-refractivity contribution is 5.84. The van der Waals surface area contributed by atoms with Gasteiger partial charge in [-0.05, 0) is 25.2 Å². The molecule has 0 saturated heterocycles. The number of carbonyl (C=O) groups is 1. The lowest BCUT2D eigenvalue weighted by Gasteiger charge is -2.18. The van der Waals surface area contributed by atoms with Crippen molar-refractivity contribution in [2.24, 2.45) is 11.8 Å². The van der Waals surface area contributed by atoms with Gasteiger partial charge >= 0.3 is 5.97 Å². The number of imidazole rings is 1. The average Bonchev–Trinajstić information content (AvgIpc) is 3.07. The molecular formula is C16H20N6O3. The first kappa shape index (κ1) is 15.8. The van der Waals surface area contributed by atoms with E-state index in [0.717, 1.165) is 12.8 Å². The van der Waals surface area contributed by atoms with Gasteiger partial charge in [-0.2, -0.15) is 9.97 Å². The second kappa shape index (κ2) is 5.99. The van der Waals surface area contributed by atoms with Crippen LogP contribution < -0.4 is 11.1 Å². The zero-order valence-electron chi connectivity index (χ0n) is 13.5. The Balaban J connectivity index is 1.63. The fourth-order valence-corrected chi connectivity index (χ4v) is 3.31. The highest BCUT2D eigenvalue weighted by Crippen LogP contribution is 2.35. The molecule has 0 bridgehead atoms. The van der Waals surface area contributed by atoms with Gasteiger partial charge in [-0.3, -0.25) is 4.79 Å². The van der Waals surface area contributed by atoms with E-state index in [1.807, 2.05) is 16.7 Å². The molecule has 1 saturated carbocycles. The van der Waals surface area contributed by atoms with Crippen LogP contribution in [0.4, 0.5) is 11.8 Å². The van der Waals surface area contributed by atoms with Crippen LogP contribution in [0.5, 0.6) is 0 Å². The fourth-order valence-electron chi connectivity index (χ4n) is 3.31. The molecule has 1 fully saturated rings. The summed E-state index contributed by atoms with van der Waals surface area (Å²) in [6.45, 7) is -0.383. The lowest BCUT2D eigenvalue weighted by Crippen LogP contribution is -2.25. The third-order valence-corrected chi connectivity index (χ3v) is 4.84. The van der Waals surface area contributed by atoms with E-state index in [0.29, 0.717) is 29.4 Å². The minimum atomic E-state index is -0.990. The van der Waals surface area contributed by atoms with Crippen molar-refractivity contribution < 1.29 is 15.0 Å². The van der Waals surface area contributed by atoms with E-state index in [2.05, 4.69) is 20.3 Å². The summed E-state index contributed by atoms with van der Waals surface area (Å²) in [5, 5.41) is 21.9. The van der Waals surface area contributed by atoms with Crippen molar-refractivity contribution in [1.82, 2.24) is 19.5 Å². The quantitative estimate of drug-likeness (QED) is 0.564. The number of hydrogen-bond donors (Lipinski definition) is 4. The molecule has 2 heterocycles. The van der Waals surface area contributed by atoms with E-state index in [4.69, 9.17) is 5.73 Å². The van der Waals surface area contributed by atoms with Gasteiger partial charge in [0.15, 0.2) is 17.0 Å². The molecule has 9 heteroatoms. The first-order valence-electron chi connectivity index (χ1n) is 8.35. The van der Waals surface area contributed by atoms with Gasteiger partial charge in [0, 0.05) is 6.04 Å². The summed E-state index contributed by atoms with van der Waals surface area (Å²) in [5.74, 6) is -1.21. The number of rotatable bonds is 6. The van der Waals surface area contributed by atoms with Crippen molar-refractivity contribution in [1.29, 1.82) is 0 Å². The number of nitrogens with two attached hydrogens (primary N) is 1. The Labute approximate surface area is 143 Å². The van der Waals surface area contributed by atoms with Crippen LogP contribution in [-0.2, 0) is 4.79 Å². The Kier molecular flexibility index (Phi) is 3.79. The summed E-state index contributed by atoms with van der Waals surface area (Å²) in [6.07, 6.45) is 8.25. The monoisotopic (exact) mass is 344 g/mol. The summed E-state index contributed by atoms with van der Waals surface area (Å²) < 4.78 is 1.89. The molecular weight excluding hydrogens is 324 g/mol. The van der Waals surface area contributed by atoms with Crippen molar-refractivity contribution in [3.8, 4) is 0 Å². The number of fused-ring (bicyclic) bond motifs is 1. The number of carboxylic acid groups (broad SMARTS) is 1. The van der Waals surface area contributed by atoms with Crippen molar-refractivity contribution in [2.75, 3.05) is 17.7 Å². The molecule has 2 aliphatic rings. The Morgan fingerprint density at radius 3 is 2.88 bits per heavy atom. The Hall–Kier alpha value is -2.68. The molecule has 0 amide bonds. The van der Waals surface area contributed by atoms with Crippen LogP contribution in [0.15, 0.2) is 18.5 Å². The van der Waals surface area contributed by atoms with Gasteiger partial charge in [0.25, 0.3) is 0 Å². The number of aromatic nitrogens is 4. The van der Waals surface area contributed by atoms with Crippen molar-refractivity contribution in [2.45, 2.75) is 31.3 Å². The molecule has 132 valence electrons. The lowest BCUT2D eigenvalue weighted by atomic mass is 9.92. The zero-order chi connectivity index (χ0) is 17.6. The maximum absolute atomic E-state index is 11.3. The smallest absolute Gasteiger partial charge is 0.309 e. The summed E-state index contributed by atoms with van der Waals surface area (Å²) in [7, 11) is 0. The first-order valence-corrected chi connectivity index (χ1v) is 8.35. The predicted molar refractivity (Wildman–Crippen MR) is 90.9 cm³/mol. The van der Waals surface area contributed by atoms with E-state index in [-0.39, 0.29) is 24.5 Å². The molecule has 25 heavy (non-hydrogen) atoms. The number of aliphatic hydroxyl groups excluding tert-OH is 1. The number of hydrogen-bond acceptors (Lipinski definition) is 7. The van der Waals surface area contributed by atoms with Crippen molar-refractivity contribution in [3.63, 3.8) is 0 Å². The summed E-state index contributed by atoms with van der Waals surface area (Å²) in [4.78, 5) is 24.3. The van der Waals surface area contributed by atoms with E-state index in [1.54, 1.807) is 6.33 Å². The number of nitrogens with one attached hydrogen (secondary N) is 1. The molecule has 0 spiro atoms. The molecule has 0 aliphatic heterocycles. The second-order valence-corrected chi connectivity index (χ2v) is 6.65. The highest BCUT2D eigenvalue weighted by atomic mass is 16.4. The molecule has 4 rings (SSSR count). The number of aliphatic hydroxyl groups is 1. The minimum Gasteiger partial charge on any atom is -0.481 e. The average molecular weight is 344 g/mol. The van der Waals surface area contributed by atoms with E-state index < -0.39 is 11.9 Å². The van der Waals surface area contributed by atoms with Crippen LogP contribution in [0, 0.1) is 11.8 Å². The summed E-state index contributed by atoms with van der Waals surface area (Å²) in [5.41, 5.74) is 7.14. The maximum atomic E-state index is 11.3. The molecule has 3 unspecified atom stereocenters. The van der Waals surface area contributed by atoms with Gasteiger partial charge < -0.3 is 25.8 Å². The van der Waals surface area contributed by atoms with Gasteiger partial charge in [0.2, 0.25) is 5.95 Å². The Morgan fingerprint density at radius 2 is 2.20 bits per heavy atom. The van der Waals surface area contributed by atoms with Crippen LogP contribution >= 0.6 is 0 Å². The van der Waals surface area contributed by atoms with Crippen molar-refractivity contribution in [3.05, 3.63) is 18.5 Å².